The van der Waals surface area contributed by atoms with Crippen LogP contribution >= 0.6 is 0 Å². The summed E-state index contributed by atoms with van der Waals surface area (Å²) >= 11 is 0. The van der Waals surface area contributed by atoms with Crippen molar-refractivity contribution in [3.63, 3.8) is 0 Å². The van der Waals surface area contributed by atoms with Gasteiger partial charge < -0.3 is 10.2 Å². The zero-order valence-electron chi connectivity index (χ0n) is 13.2. The van der Waals surface area contributed by atoms with Gasteiger partial charge in [-0.1, -0.05) is 18.2 Å². The number of hydrogen-bond donors (Lipinski definition) is 2. The molecule has 0 saturated carbocycles. The Bertz CT molecular complexity index is 830. The maximum atomic E-state index is 12.9. The Kier molecular flexibility index (Phi) is 4.48. The van der Waals surface area contributed by atoms with Crippen molar-refractivity contribution in [3.05, 3.63) is 90.0 Å². The summed E-state index contributed by atoms with van der Waals surface area (Å²) in [6, 6.07) is 20.0. The van der Waals surface area contributed by atoms with Gasteiger partial charge in [0.2, 0.25) is 0 Å². The number of hydrogen-bond acceptors (Lipinski definition) is 4. The molecule has 3 aromatic carbocycles. The lowest BCUT2D eigenvalue weighted by Gasteiger charge is -2.21. The third-order valence-electron chi connectivity index (χ3n) is 3.65. The Morgan fingerprint density at radius 3 is 1.40 bits per heavy atom. The average Bonchev–Trinajstić information content (AvgIpc) is 2.64. The number of rotatable bonds is 3. The van der Waals surface area contributed by atoms with E-state index in [1.165, 1.54) is 48.5 Å². The van der Waals surface area contributed by atoms with Gasteiger partial charge in [-0.25, -0.2) is 4.90 Å². The number of carbonyl (C=O) groups is 2. The van der Waals surface area contributed by atoms with Gasteiger partial charge in [-0.15, -0.1) is 0 Å². The first kappa shape index (κ1) is 16.3. The molecule has 0 fully saturated rings. The number of amides is 2. The first-order valence-corrected chi connectivity index (χ1v) is 7.58. The molecule has 0 spiro atoms. The van der Waals surface area contributed by atoms with Crippen molar-refractivity contribution in [1.82, 2.24) is 0 Å². The van der Waals surface area contributed by atoms with Crippen molar-refractivity contribution in [3.8, 4) is 11.5 Å². The SMILES string of the molecule is O=C(c1ccc(O)cc1)N(C(=O)c1ccc(O)cc1)c1ccccc1. The molecule has 0 radical (unpaired) electrons. The fourth-order valence-electron chi connectivity index (χ4n) is 2.37. The van der Waals surface area contributed by atoms with Crippen molar-refractivity contribution >= 4 is 17.5 Å². The summed E-state index contributed by atoms with van der Waals surface area (Å²) in [6.45, 7) is 0. The molecule has 2 amide bonds. The topological polar surface area (TPSA) is 77.8 Å². The largest absolute Gasteiger partial charge is 0.508 e. The number of aromatic hydroxyl groups is 2. The van der Waals surface area contributed by atoms with Gasteiger partial charge in [0.25, 0.3) is 11.8 Å². The Hall–Kier alpha value is -3.60. The lowest BCUT2D eigenvalue weighted by Crippen LogP contribution is -2.37. The van der Waals surface area contributed by atoms with Gasteiger partial charge in [0.05, 0.1) is 5.69 Å². The highest BCUT2D eigenvalue weighted by molar-refractivity contribution is 6.25. The van der Waals surface area contributed by atoms with Crippen molar-refractivity contribution in [2.24, 2.45) is 0 Å². The highest BCUT2D eigenvalue weighted by Gasteiger charge is 2.25. The van der Waals surface area contributed by atoms with E-state index in [0.717, 1.165) is 4.90 Å². The van der Waals surface area contributed by atoms with E-state index in [2.05, 4.69) is 0 Å². The maximum absolute atomic E-state index is 12.9. The van der Waals surface area contributed by atoms with E-state index in [1.54, 1.807) is 30.3 Å². The Labute approximate surface area is 144 Å². The second-order valence-corrected chi connectivity index (χ2v) is 5.38. The van der Waals surface area contributed by atoms with Crippen LogP contribution in [-0.2, 0) is 0 Å². The fraction of sp³-hybridized carbons (Fsp3) is 0. The normalized spacial score (nSPS) is 10.2. The highest BCUT2D eigenvalue weighted by Crippen LogP contribution is 2.22. The van der Waals surface area contributed by atoms with Gasteiger partial charge in [0, 0.05) is 11.1 Å². The third-order valence-corrected chi connectivity index (χ3v) is 3.65. The first-order chi connectivity index (χ1) is 12.1. The number of carbonyl (C=O) groups excluding carboxylic acids is 2. The maximum Gasteiger partial charge on any atom is 0.265 e. The molecule has 25 heavy (non-hydrogen) atoms. The van der Waals surface area contributed by atoms with Crippen LogP contribution in [0.15, 0.2) is 78.9 Å². The molecule has 0 bridgehead atoms. The predicted molar refractivity (Wildman–Crippen MR) is 93.8 cm³/mol. The quantitative estimate of drug-likeness (QED) is 0.718. The van der Waals surface area contributed by atoms with Crippen LogP contribution in [0, 0.1) is 0 Å². The number of nitrogens with zero attached hydrogens (tertiary/aromatic N) is 1. The molecule has 5 heteroatoms. The third kappa shape index (κ3) is 3.50. The minimum absolute atomic E-state index is 0.0349. The molecule has 2 N–H and O–H groups in total. The van der Waals surface area contributed by atoms with E-state index in [-0.39, 0.29) is 22.6 Å². The van der Waals surface area contributed by atoms with Crippen LogP contribution in [-0.4, -0.2) is 22.0 Å². The number of imide groups is 1. The van der Waals surface area contributed by atoms with E-state index < -0.39 is 11.8 Å². The van der Waals surface area contributed by atoms with Gasteiger partial charge in [-0.3, -0.25) is 9.59 Å². The zero-order chi connectivity index (χ0) is 17.8. The van der Waals surface area contributed by atoms with Crippen LogP contribution in [0.25, 0.3) is 0 Å². The minimum Gasteiger partial charge on any atom is -0.508 e. The van der Waals surface area contributed by atoms with E-state index in [0.29, 0.717) is 5.69 Å². The summed E-state index contributed by atoms with van der Waals surface area (Å²) < 4.78 is 0. The minimum atomic E-state index is -0.510. The van der Waals surface area contributed by atoms with Gasteiger partial charge in [0.15, 0.2) is 0 Å². The number of anilines is 1. The van der Waals surface area contributed by atoms with Crippen molar-refractivity contribution in [2.45, 2.75) is 0 Å². The first-order valence-electron chi connectivity index (χ1n) is 7.58. The van der Waals surface area contributed by atoms with E-state index >= 15 is 0 Å². The second kappa shape index (κ2) is 6.88. The summed E-state index contributed by atoms with van der Waals surface area (Å²) in [5.74, 6) is -0.950. The van der Waals surface area contributed by atoms with Crippen LogP contribution in [0.1, 0.15) is 20.7 Å². The van der Waals surface area contributed by atoms with E-state index in [4.69, 9.17) is 0 Å². The van der Waals surface area contributed by atoms with Crippen LogP contribution in [0.4, 0.5) is 5.69 Å². The van der Waals surface area contributed by atoms with Gasteiger partial charge in [-0.2, -0.15) is 0 Å². The Morgan fingerprint density at radius 1 is 0.600 bits per heavy atom. The molecule has 0 saturated heterocycles. The van der Waals surface area contributed by atoms with Crippen molar-refractivity contribution < 1.29 is 19.8 Å². The van der Waals surface area contributed by atoms with E-state index in [1.807, 2.05) is 0 Å². The van der Waals surface area contributed by atoms with Crippen LogP contribution < -0.4 is 4.90 Å². The number of para-hydroxylation sites is 1. The monoisotopic (exact) mass is 333 g/mol. The van der Waals surface area contributed by atoms with Crippen molar-refractivity contribution in [2.75, 3.05) is 4.90 Å². The summed E-state index contributed by atoms with van der Waals surface area (Å²) in [5, 5.41) is 18.8. The van der Waals surface area contributed by atoms with Gasteiger partial charge in [-0.05, 0) is 60.7 Å². The van der Waals surface area contributed by atoms with E-state index in [9.17, 15) is 19.8 Å². The molecule has 0 aliphatic rings. The second-order valence-electron chi connectivity index (χ2n) is 5.38. The molecule has 5 nitrogen and oxygen atoms in total. The molecule has 0 unspecified atom stereocenters. The van der Waals surface area contributed by atoms with Gasteiger partial charge >= 0.3 is 0 Å². The smallest absolute Gasteiger partial charge is 0.265 e. The highest BCUT2D eigenvalue weighted by atomic mass is 16.3. The fourth-order valence-corrected chi connectivity index (χ4v) is 2.37. The molecular weight excluding hydrogens is 318 g/mol. The van der Waals surface area contributed by atoms with Crippen LogP contribution in [0.5, 0.6) is 11.5 Å². The number of phenols is 2. The molecule has 0 heterocycles. The van der Waals surface area contributed by atoms with Crippen molar-refractivity contribution in [1.29, 1.82) is 0 Å². The molecule has 0 aromatic heterocycles. The van der Waals surface area contributed by atoms with Crippen LogP contribution in [0.2, 0.25) is 0 Å². The lowest BCUT2D eigenvalue weighted by molar-refractivity contribution is 0.0897. The Morgan fingerprint density at radius 2 is 1.00 bits per heavy atom. The molecule has 124 valence electrons. The lowest BCUT2D eigenvalue weighted by atomic mass is 10.1. The van der Waals surface area contributed by atoms with Crippen LogP contribution in [0.3, 0.4) is 0 Å². The summed E-state index contributed by atoms with van der Waals surface area (Å²) in [6.07, 6.45) is 0. The molecule has 0 aliphatic carbocycles. The average molecular weight is 333 g/mol. The Balaban J connectivity index is 2.03. The standard InChI is InChI=1S/C20H15NO4/c22-17-10-6-14(7-11-17)19(24)21(16-4-2-1-3-5-16)20(25)15-8-12-18(23)13-9-15/h1-13,22-23H. The molecule has 0 aliphatic heterocycles. The number of phenolic OH excluding ortho intramolecular Hbond substituents is 2. The zero-order valence-corrected chi connectivity index (χ0v) is 13.2. The van der Waals surface area contributed by atoms with Gasteiger partial charge in [0.1, 0.15) is 11.5 Å². The molecule has 3 aromatic rings. The summed E-state index contributed by atoms with van der Waals surface area (Å²) in [4.78, 5) is 26.9. The predicted octanol–water partition coefficient (Wildman–Crippen LogP) is 3.59. The summed E-state index contributed by atoms with van der Waals surface area (Å²) in [5.41, 5.74) is 0.973. The number of benzene rings is 3. The summed E-state index contributed by atoms with van der Waals surface area (Å²) in [7, 11) is 0. The molecule has 3 rings (SSSR count). The molecule has 0 atom stereocenters. The molecular formula is C20H15NO4.